The molecule has 0 saturated carbocycles. The van der Waals surface area contributed by atoms with Crippen LogP contribution in [-0.4, -0.2) is 57.7 Å². The van der Waals surface area contributed by atoms with Crippen LogP contribution in [0.4, 0.5) is 0 Å². The Morgan fingerprint density at radius 2 is 2.07 bits per heavy atom. The van der Waals surface area contributed by atoms with Crippen molar-refractivity contribution in [1.82, 2.24) is 19.2 Å². The van der Waals surface area contributed by atoms with Crippen molar-refractivity contribution in [1.29, 1.82) is 0 Å². The Labute approximate surface area is 169 Å². The molecule has 4 rings (SSSR count). The number of likely N-dealkylation sites (N-methyl/N-ethyl adjacent to an activating group) is 1. The van der Waals surface area contributed by atoms with Crippen molar-refractivity contribution in [2.45, 2.75) is 25.5 Å². The van der Waals surface area contributed by atoms with Gasteiger partial charge in [0.2, 0.25) is 5.91 Å². The molecular formula is C22H24N4O3. The van der Waals surface area contributed by atoms with Crippen molar-refractivity contribution in [3.8, 4) is 5.75 Å². The second-order valence-electron chi connectivity index (χ2n) is 7.40. The fraction of sp³-hybridized carbons (Fsp3) is 0.318. The molecule has 2 aromatic heterocycles. The number of rotatable bonds is 5. The van der Waals surface area contributed by atoms with Gasteiger partial charge < -0.3 is 18.9 Å². The number of hydrogen-bond donors (Lipinski definition) is 0. The molecule has 0 N–H and O–H groups in total. The van der Waals surface area contributed by atoms with Crippen molar-refractivity contribution in [2.24, 2.45) is 0 Å². The lowest BCUT2D eigenvalue weighted by atomic mass is 10.1. The summed E-state index contributed by atoms with van der Waals surface area (Å²) >= 11 is 0. The van der Waals surface area contributed by atoms with Crippen molar-refractivity contribution in [2.75, 3.05) is 20.6 Å². The summed E-state index contributed by atoms with van der Waals surface area (Å²) in [5.74, 6) is 0.429. The minimum Gasteiger partial charge on any atom is -0.487 e. The summed E-state index contributed by atoms with van der Waals surface area (Å²) in [4.78, 5) is 33.1. The normalized spacial score (nSPS) is 16.2. The lowest BCUT2D eigenvalue weighted by Gasteiger charge is -2.26. The molecule has 7 heteroatoms. The number of benzene rings is 1. The van der Waals surface area contributed by atoms with Crippen LogP contribution in [0.1, 0.15) is 28.9 Å². The highest BCUT2D eigenvalue weighted by atomic mass is 16.5. The molecule has 1 aromatic carbocycles. The van der Waals surface area contributed by atoms with E-state index in [1.54, 1.807) is 42.1 Å². The third kappa shape index (κ3) is 3.94. The molecule has 150 valence electrons. The van der Waals surface area contributed by atoms with Gasteiger partial charge in [0.05, 0.1) is 5.69 Å². The predicted molar refractivity (Wildman–Crippen MR) is 109 cm³/mol. The summed E-state index contributed by atoms with van der Waals surface area (Å²) < 4.78 is 7.80. The van der Waals surface area contributed by atoms with Crippen LogP contribution in [0.2, 0.25) is 0 Å². The number of carbonyl (C=O) groups excluding carboxylic acids is 2. The second kappa shape index (κ2) is 7.95. The van der Waals surface area contributed by atoms with Crippen LogP contribution in [0.5, 0.6) is 5.75 Å². The standard InChI is InChI=1S/C22H24N4O3/c1-24(2)22(28)19-9-6-12-26(19)21(27)16-7-5-8-18(13-16)29-15-17-14-25-11-4-3-10-20(25)23-17/h3-5,7-8,10-11,13-14,19H,6,9,12,15H2,1-2H3. The quantitative estimate of drug-likeness (QED) is 0.669. The molecule has 2 amide bonds. The van der Waals surface area contributed by atoms with Gasteiger partial charge in [-0.05, 0) is 43.2 Å². The molecule has 0 aliphatic carbocycles. The number of imidazole rings is 1. The average Bonchev–Trinajstić information content (AvgIpc) is 3.38. The number of aromatic nitrogens is 2. The van der Waals surface area contributed by atoms with Crippen LogP contribution in [0.25, 0.3) is 5.65 Å². The third-order valence-electron chi connectivity index (χ3n) is 5.12. The summed E-state index contributed by atoms with van der Waals surface area (Å²) in [5.41, 5.74) is 2.20. The lowest BCUT2D eigenvalue weighted by Crippen LogP contribution is -2.45. The highest BCUT2D eigenvalue weighted by molar-refractivity contribution is 5.98. The fourth-order valence-electron chi connectivity index (χ4n) is 3.66. The number of pyridine rings is 1. The van der Waals surface area contributed by atoms with E-state index >= 15 is 0 Å². The Hall–Kier alpha value is -3.35. The Morgan fingerprint density at radius 1 is 1.21 bits per heavy atom. The maximum atomic E-state index is 13.0. The number of carbonyl (C=O) groups is 2. The number of fused-ring (bicyclic) bond motifs is 1. The van der Waals surface area contributed by atoms with Crippen LogP contribution < -0.4 is 4.74 Å². The van der Waals surface area contributed by atoms with Gasteiger partial charge in [-0.25, -0.2) is 4.98 Å². The second-order valence-corrected chi connectivity index (χ2v) is 7.40. The largest absolute Gasteiger partial charge is 0.487 e. The van der Waals surface area contributed by atoms with Crippen LogP contribution in [0, 0.1) is 0 Å². The Balaban J connectivity index is 1.46. The fourth-order valence-corrected chi connectivity index (χ4v) is 3.66. The van der Waals surface area contributed by atoms with Gasteiger partial charge in [-0.1, -0.05) is 12.1 Å². The summed E-state index contributed by atoms with van der Waals surface area (Å²) in [6.45, 7) is 0.903. The van der Waals surface area contributed by atoms with Gasteiger partial charge in [-0.15, -0.1) is 0 Å². The molecule has 3 aromatic rings. The molecule has 0 spiro atoms. The number of ether oxygens (including phenoxy) is 1. The molecule has 0 radical (unpaired) electrons. The molecule has 1 saturated heterocycles. The third-order valence-corrected chi connectivity index (χ3v) is 5.12. The predicted octanol–water partition coefficient (Wildman–Crippen LogP) is 2.61. The van der Waals surface area contributed by atoms with Crippen LogP contribution in [-0.2, 0) is 11.4 Å². The maximum absolute atomic E-state index is 13.0. The SMILES string of the molecule is CN(C)C(=O)C1CCCN1C(=O)c1cccc(OCc2cn3ccccc3n2)c1. The molecular weight excluding hydrogens is 368 g/mol. The Kier molecular flexibility index (Phi) is 5.20. The van der Waals surface area contributed by atoms with E-state index in [0.29, 0.717) is 30.9 Å². The van der Waals surface area contributed by atoms with Gasteiger partial charge in [0.15, 0.2) is 0 Å². The van der Waals surface area contributed by atoms with Crippen molar-refractivity contribution in [3.05, 3.63) is 66.1 Å². The summed E-state index contributed by atoms with van der Waals surface area (Å²) in [6, 6.07) is 12.5. The summed E-state index contributed by atoms with van der Waals surface area (Å²) in [5, 5.41) is 0. The highest BCUT2D eigenvalue weighted by Crippen LogP contribution is 2.23. The number of amides is 2. The number of likely N-dealkylation sites (tertiary alicyclic amines) is 1. The molecule has 0 bridgehead atoms. The van der Waals surface area contributed by atoms with Crippen LogP contribution in [0.15, 0.2) is 54.9 Å². The average molecular weight is 392 g/mol. The van der Waals surface area contributed by atoms with E-state index in [-0.39, 0.29) is 17.9 Å². The molecule has 1 unspecified atom stereocenters. The van der Waals surface area contributed by atoms with Crippen LogP contribution >= 0.6 is 0 Å². The van der Waals surface area contributed by atoms with E-state index < -0.39 is 0 Å². The molecule has 3 heterocycles. The van der Waals surface area contributed by atoms with Gasteiger partial charge in [0.25, 0.3) is 5.91 Å². The van der Waals surface area contributed by atoms with Crippen molar-refractivity contribution < 1.29 is 14.3 Å². The molecule has 1 aliphatic rings. The Bertz CT molecular complexity index is 1010. The summed E-state index contributed by atoms with van der Waals surface area (Å²) in [7, 11) is 3.44. The first-order chi connectivity index (χ1) is 14.0. The molecule has 1 fully saturated rings. The molecule has 29 heavy (non-hydrogen) atoms. The lowest BCUT2D eigenvalue weighted by molar-refractivity contribution is -0.132. The van der Waals surface area contributed by atoms with E-state index in [1.165, 1.54) is 0 Å². The minimum atomic E-state index is -0.389. The smallest absolute Gasteiger partial charge is 0.254 e. The van der Waals surface area contributed by atoms with Crippen molar-refractivity contribution >= 4 is 17.5 Å². The monoisotopic (exact) mass is 392 g/mol. The first kappa shape index (κ1) is 19.0. The van der Waals surface area contributed by atoms with E-state index in [2.05, 4.69) is 4.98 Å². The number of nitrogens with zero attached hydrogens (tertiary/aromatic N) is 4. The van der Waals surface area contributed by atoms with E-state index in [0.717, 1.165) is 17.8 Å². The summed E-state index contributed by atoms with van der Waals surface area (Å²) in [6.07, 6.45) is 5.39. The van der Waals surface area contributed by atoms with Gasteiger partial charge in [-0.3, -0.25) is 9.59 Å². The zero-order valence-electron chi connectivity index (χ0n) is 16.6. The van der Waals surface area contributed by atoms with E-state index in [9.17, 15) is 9.59 Å². The Morgan fingerprint density at radius 3 is 2.86 bits per heavy atom. The number of hydrogen-bond acceptors (Lipinski definition) is 4. The van der Waals surface area contributed by atoms with E-state index in [4.69, 9.17) is 4.74 Å². The first-order valence-corrected chi connectivity index (χ1v) is 9.70. The molecule has 1 aliphatic heterocycles. The van der Waals surface area contributed by atoms with Gasteiger partial charge in [-0.2, -0.15) is 0 Å². The molecule has 1 atom stereocenters. The van der Waals surface area contributed by atoms with Crippen LogP contribution in [0.3, 0.4) is 0 Å². The van der Waals surface area contributed by atoms with Gasteiger partial charge in [0, 0.05) is 38.6 Å². The van der Waals surface area contributed by atoms with E-state index in [1.807, 2.05) is 41.1 Å². The zero-order chi connectivity index (χ0) is 20.4. The highest BCUT2D eigenvalue weighted by Gasteiger charge is 2.35. The van der Waals surface area contributed by atoms with Crippen molar-refractivity contribution in [3.63, 3.8) is 0 Å². The zero-order valence-corrected chi connectivity index (χ0v) is 16.6. The maximum Gasteiger partial charge on any atom is 0.254 e. The van der Waals surface area contributed by atoms with Gasteiger partial charge in [0.1, 0.15) is 24.0 Å². The first-order valence-electron chi connectivity index (χ1n) is 9.70. The molecule has 7 nitrogen and oxygen atoms in total. The topological polar surface area (TPSA) is 67.2 Å². The minimum absolute atomic E-state index is 0.0323. The van der Waals surface area contributed by atoms with Gasteiger partial charge >= 0.3 is 0 Å².